The van der Waals surface area contributed by atoms with E-state index in [1.165, 1.54) is 4.88 Å². The number of phenolic OH excluding ortho intramolecular Hbond substituents is 1. The first-order chi connectivity index (χ1) is 15.6. The number of amides is 1. The van der Waals surface area contributed by atoms with E-state index in [4.69, 9.17) is 4.99 Å². The number of halogens is 2. The first-order valence-corrected chi connectivity index (χ1v) is 13.8. The lowest BCUT2D eigenvalue weighted by Crippen LogP contribution is -2.27. The highest BCUT2D eigenvalue weighted by Gasteiger charge is 2.33. The fourth-order valence-corrected chi connectivity index (χ4v) is 7.23. The number of aromatic hydroxyl groups is 1. The van der Waals surface area contributed by atoms with Crippen LogP contribution in [-0.4, -0.2) is 17.2 Å². The van der Waals surface area contributed by atoms with Gasteiger partial charge in [0.25, 0.3) is 5.91 Å². The highest BCUT2D eigenvalue weighted by Crippen LogP contribution is 2.45. The van der Waals surface area contributed by atoms with Crippen LogP contribution in [0.4, 0.5) is 10.7 Å². The predicted octanol–water partition coefficient (Wildman–Crippen LogP) is 7.82. The molecule has 1 aromatic heterocycles. The largest absolute Gasteiger partial charge is 0.506 e. The summed E-state index contributed by atoms with van der Waals surface area (Å²) >= 11 is 5.88. The molecule has 0 spiro atoms. The molecule has 1 aliphatic carbocycles. The summed E-state index contributed by atoms with van der Waals surface area (Å²) in [6.07, 6.45) is 4.76. The molecule has 0 saturated carbocycles. The van der Waals surface area contributed by atoms with E-state index in [1.54, 1.807) is 17.6 Å². The van der Waals surface area contributed by atoms with E-state index in [2.05, 4.69) is 71.3 Å². The Morgan fingerprint density at radius 3 is 2.48 bits per heavy atom. The zero-order chi connectivity index (χ0) is 23.8. The van der Waals surface area contributed by atoms with Gasteiger partial charge in [-0.15, -0.1) is 11.3 Å². The van der Waals surface area contributed by atoms with Gasteiger partial charge in [0, 0.05) is 16.8 Å². The lowest BCUT2D eigenvalue weighted by molar-refractivity contribution is 0.102. The summed E-state index contributed by atoms with van der Waals surface area (Å²) in [7, 11) is 0. The van der Waals surface area contributed by atoms with Crippen LogP contribution in [0.5, 0.6) is 5.75 Å². The maximum Gasteiger partial charge on any atom is 0.259 e. The molecule has 1 atom stereocenters. The van der Waals surface area contributed by atoms with Gasteiger partial charge in [-0.3, -0.25) is 4.79 Å². The third-order valence-electron chi connectivity index (χ3n) is 6.10. The van der Waals surface area contributed by atoms with Crippen LogP contribution in [0, 0.1) is 18.5 Å². The Labute approximate surface area is 226 Å². The van der Waals surface area contributed by atoms with E-state index < -0.39 is 0 Å². The summed E-state index contributed by atoms with van der Waals surface area (Å²) in [5.74, 6) is 0.775. The number of carbonyl (C=O) groups is 1. The van der Waals surface area contributed by atoms with E-state index in [0.717, 1.165) is 48.2 Å². The van der Waals surface area contributed by atoms with Gasteiger partial charge >= 0.3 is 0 Å². The molecular formula is C26H26I2N2O2S. The predicted molar refractivity (Wildman–Crippen MR) is 154 cm³/mol. The smallest absolute Gasteiger partial charge is 0.259 e. The number of nitrogens with one attached hydrogen (secondary N) is 1. The highest BCUT2D eigenvalue weighted by molar-refractivity contribution is 14.1. The zero-order valence-corrected chi connectivity index (χ0v) is 23.9. The SMILES string of the molecule is CC(C)(C)[C@@H]1CCc2c(sc(N=Cc3cc(I)c(O)c(I)c3)c2C(=O)Nc2ccccc2)C1. The van der Waals surface area contributed by atoms with Crippen LogP contribution in [0.15, 0.2) is 47.5 Å². The molecule has 2 N–H and O–H groups in total. The monoisotopic (exact) mass is 684 g/mol. The van der Waals surface area contributed by atoms with Crippen LogP contribution in [-0.2, 0) is 12.8 Å². The van der Waals surface area contributed by atoms with Crippen LogP contribution in [0.1, 0.15) is 53.6 Å². The van der Waals surface area contributed by atoms with Gasteiger partial charge in [0.15, 0.2) is 0 Å². The third kappa shape index (κ3) is 5.62. The molecule has 0 fully saturated rings. The molecule has 4 nitrogen and oxygen atoms in total. The molecule has 0 aliphatic heterocycles. The number of hydrogen-bond donors (Lipinski definition) is 2. The van der Waals surface area contributed by atoms with Gasteiger partial charge in [-0.25, -0.2) is 4.99 Å². The number of nitrogens with zero attached hydrogens (tertiary/aromatic N) is 1. The summed E-state index contributed by atoms with van der Waals surface area (Å²) in [6, 6.07) is 13.4. The molecule has 1 aliphatic rings. The second-order valence-corrected chi connectivity index (χ2v) is 12.8. The van der Waals surface area contributed by atoms with Crippen molar-refractivity contribution < 1.29 is 9.90 Å². The van der Waals surface area contributed by atoms with E-state index >= 15 is 0 Å². The molecule has 0 saturated heterocycles. The van der Waals surface area contributed by atoms with Gasteiger partial charge in [0.1, 0.15) is 10.8 Å². The first kappa shape index (κ1) is 24.7. The second kappa shape index (κ2) is 10.0. The normalized spacial score (nSPS) is 16.1. The highest BCUT2D eigenvalue weighted by atomic mass is 127. The quantitative estimate of drug-likeness (QED) is 0.218. The molecule has 172 valence electrons. The molecular weight excluding hydrogens is 658 g/mol. The standard InChI is InChI=1S/C26H26I2N2O2S/c1-26(2,3)16-9-10-18-21(13-16)33-25(22(18)24(32)30-17-7-5-4-6-8-17)29-14-15-11-19(27)23(31)20(28)12-15/h4-8,11-12,14,16,31H,9-10,13H2,1-3H3,(H,30,32)/t16-/m1/s1. The topological polar surface area (TPSA) is 61.7 Å². The summed E-state index contributed by atoms with van der Waals surface area (Å²) in [5, 5.41) is 13.9. The molecule has 0 bridgehead atoms. The maximum absolute atomic E-state index is 13.4. The number of carbonyl (C=O) groups excluding carboxylic acids is 1. The van der Waals surface area contributed by atoms with Crippen LogP contribution in [0.25, 0.3) is 0 Å². The molecule has 33 heavy (non-hydrogen) atoms. The molecule has 2 aromatic carbocycles. The van der Waals surface area contributed by atoms with Gasteiger partial charge in [-0.1, -0.05) is 39.0 Å². The number of aliphatic imine (C=N–C) groups is 1. The number of rotatable bonds is 4. The third-order valence-corrected chi connectivity index (χ3v) is 8.91. The molecule has 4 rings (SSSR count). The van der Waals surface area contributed by atoms with Gasteiger partial charge in [-0.2, -0.15) is 0 Å². The second-order valence-electron chi connectivity index (χ2n) is 9.40. The van der Waals surface area contributed by atoms with Crippen molar-refractivity contribution in [2.24, 2.45) is 16.3 Å². The minimum Gasteiger partial charge on any atom is -0.506 e. The number of phenols is 1. The maximum atomic E-state index is 13.4. The van der Waals surface area contributed by atoms with E-state index in [9.17, 15) is 9.90 Å². The minimum absolute atomic E-state index is 0.102. The summed E-state index contributed by atoms with van der Waals surface area (Å²) in [5.41, 5.74) is 3.76. The fraction of sp³-hybridized carbons (Fsp3) is 0.308. The Morgan fingerprint density at radius 2 is 1.85 bits per heavy atom. The van der Waals surface area contributed by atoms with E-state index in [1.807, 2.05) is 42.5 Å². The molecule has 3 aromatic rings. The van der Waals surface area contributed by atoms with E-state index in [0.29, 0.717) is 11.5 Å². The van der Waals surface area contributed by atoms with Crippen LogP contribution in [0.3, 0.4) is 0 Å². The fourth-order valence-electron chi connectivity index (χ4n) is 4.14. The summed E-state index contributed by atoms with van der Waals surface area (Å²) in [6.45, 7) is 6.89. The van der Waals surface area contributed by atoms with Crippen LogP contribution < -0.4 is 5.32 Å². The number of benzene rings is 2. The summed E-state index contributed by atoms with van der Waals surface area (Å²) < 4.78 is 1.56. The molecule has 1 amide bonds. The Morgan fingerprint density at radius 1 is 1.18 bits per heavy atom. The van der Waals surface area contributed by atoms with Gasteiger partial charge in [0.05, 0.1) is 12.7 Å². The molecule has 0 unspecified atom stereocenters. The van der Waals surface area contributed by atoms with Gasteiger partial charge in [0.2, 0.25) is 0 Å². The average Bonchev–Trinajstić information content (AvgIpc) is 3.13. The van der Waals surface area contributed by atoms with Gasteiger partial charge in [-0.05, 0) is 111 Å². The average molecular weight is 684 g/mol. The van der Waals surface area contributed by atoms with Crippen LogP contribution in [0.2, 0.25) is 0 Å². The number of anilines is 1. The molecule has 7 heteroatoms. The molecule has 0 radical (unpaired) electrons. The van der Waals surface area contributed by atoms with Crippen molar-refractivity contribution in [2.75, 3.05) is 5.32 Å². The van der Waals surface area contributed by atoms with Crippen molar-refractivity contribution in [3.8, 4) is 5.75 Å². The lowest BCUT2D eigenvalue weighted by atomic mass is 9.72. The van der Waals surface area contributed by atoms with Gasteiger partial charge < -0.3 is 10.4 Å². The summed E-state index contributed by atoms with van der Waals surface area (Å²) in [4.78, 5) is 19.5. The van der Waals surface area contributed by atoms with E-state index in [-0.39, 0.29) is 17.1 Å². The molecule has 1 heterocycles. The van der Waals surface area contributed by atoms with Crippen molar-refractivity contribution in [1.29, 1.82) is 0 Å². The number of hydrogen-bond acceptors (Lipinski definition) is 4. The Kier molecular flexibility index (Phi) is 7.50. The lowest BCUT2D eigenvalue weighted by Gasteiger charge is -2.33. The van der Waals surface area contributed by atoms with Crippen molar-refractivity contribution in [3.63, 3.8) is 0 Å². The minimum atomic E-state index is -0.102. The zero-order valence-electron chi connectivity index (χ0n) is 18.8. The Balaban J connectivity index is 1.72. The number of fused-ring (bicyclic) bond motifs is 1. The van der Waals surface area contributed by atoms with Crippen molar-refractivity contribution in [3.05, 3.63) is 71.2 Å². The first-order valence-electron chi connectivity index (χ1n) is 10.9. The number of para-hydroxylation sites is 1. The van der Waals surface area contributed by atoms with Crippen molar-refractivity contribution >= 4 is 79.3 Å². The Hall–Kier alpha value is -1.46. The van der Waals surface area contributed by atoms with Crippen molar-refractivity contribution in [2.45, 2.75) is 40.0 Å². The van der Waals surface area contributed by atoms with Crippen LogP contribution >= 0.6 is 56.5 Å². The Bertz CT molecular complexity index is 1190. The number of thiophene rings is 1. The van der Waals surface area contributed by atoms with Crippen molar-refractivity contribution in [1.82, 2.24) is 0 Å².